The van der Waals surface area contributed by atoms with Gasteiger partial charge >= 0.3 is 0 Å². The van der Waals surface area contributed by atoms with E-state index in [0.717, 1.165) is 37.6 Å². The van der Waals surface area contributed by atoms with Crippen molar-refractivity contribution < 1.29 is 4.74 Å². The number of nitrogens with one attached hydrogen (secondary N) is 1. The lowest BCUT2D eigenvalue weighted by molar-refractivity contribution is 0.205. The van der Waals surface area contributed by atoms with Gasteiger partial charge in [-0.15, -0.1) is 6.58 Å². The van der Waals surface area contributed by atoms with Crippen LogP contribution in [-0.2, 0) is 17.7 Å². The lowest BCUT2D eigenvalue weighted by Gasteiger charge is -2.23. The maximum absolute atomic E-state index is 5.19. The van der Waals surface area contributed by atoms with Crippen molar-refractivity contribution in [2.75, 3.05) is 31.7 Å². The average molecular weight is 291 g/mol. The Balaban J connectivity index is 2.95. The Morgan fingerprint density at radius 1 is 1.43 bits per heavy atom. The Labute approximate surface area is 129 Å². The third-order valence-corrected chi connectivity index (χ3v) is 3.24. The molecule has 0 aliphatic rings. The van der Waals surface area contributed by atoms with Gasteiger partial charge in [0.25, 0.3) is 0 Å². The number of aromatic nitrogens is 1. The van der Waals surface area contributed by atoms with Crippen LogP contribution in [0.5, 0.6) is 0 Å². The normalized spacial score (nSPS) is 10.9. The zero-order chi connectivity index (χ0) is 15.7. The van der Waals surface area contributed by atoms with Crippen LogP contribution in [0, 0.1) is 0 Å². The summed E-state index contributed by atoms with van der Waals surface area (Å²) in [5, 5.41) is 3.46. The van der Waals surface area contributed by atoms with Crippen molar-refractivity contribution in [1.29, 1.82) is 0 Å². The summed E-state index contributed by atoms with van der Waals surface area (Å²) in [6.07, 6.45) is 2.84. The molecule has 0 aromatic carbocycles. The fourth-order valence-electron chi connectivity index (χ4n) is 2.06. The minimum Gasteiger partial charge on any atom is -0.383 e. The highest BCUT2D eigenvalue weighted by atomic mass is 16.5. The smallest absolute Gasteiger partial charge is 0.129 e. The van der Waals surface area contributed by atoms with E-state index in [1.165, 1.54) is 5.56 Å². The van der Waals surface area contributed by atoms with Gasteiger partial charge in [-0.25, -0.2) is 4.98 Å². The molecule has 1 aromatic rings. The molecule has 0 radical (unpaired) electrons. The molecule has 0 spiro atoms. The van der Waals surface area contributed by atoms with Crippen molar-refractivity contribution in [1.82, 2.24) is 10.3 Å². The Hall–Kier alpha value is -1.39. The Morgan fingerprint density at radius 2 is 2.19 bits per heavy atom. The molecule has 1 N–H and O–H groups in total. The molecule has 0 bridgehead atoms. The van der Waals surface area contributed by atoms with Crippen LogP contribution in [0.25, 0.3) is 0 Å². The van der Waals surface area contributed by atoms with E-state index in [4.69, 9.17) is 9.72 Å². The topological polar surface area (TPSA) is 37.4 Å². The van der Waals surface area contributed by atoms with E-state index in [9.17, 15) is 0 Å². The molecule has 0 fully saturated rings. The van der Waals surface area contributed by atoms with Crippen molar-refractivity contribution in [2.45, 2.75) is 39.8 Å². The highest BCUT2D eigenvalue weighted by molar-refractivity contribution is 5.43. The molecular formula is C17H29N3O. The first-order valence-corrected chi connectivity index (χ1v) is 7.68. The lowest BCUT2D eigenvalue weighted by Crippen LogP contribution is -2.29. The van der Waals surface area contributed by atoms with Gasteiger partial charge in [0.2, 0.25) is 0 Å². The number of hydrogen-bond acceptors (Lipinski definition) is 4. The first-order chi connectivity index (χ1) is 10.1. The molecular weight excluding hydrogens is 262 g/mol. The number of aryl methyl sites for hydroxylation is 1. The highest BCUT2D eigenvalue weighted by Gasteiger charge is 2.09. The maximum Gasteiger partial charge on any atom is 0.129 e. The molecule has 21 heavy (non-hydrogen) atoms. The number of anilines is 1. The highest BCUT2D eigenvalue weighted by Crippen LogP contribution is 2.16. The molecule has 1 rings (SSSR count). The van der Waals surface area contributed by atoms with E-state index < -0.39 is 0 Å². The second-order valence-corrected chi connectivity index (χ2v) is 5.44. The molecule has 0 unspecified atom stereocenters. The molecule has 1 heterocycles. The van der Waals surface area contributed by atoms with E-state index in [0.29, 0.717) is 12.6 Å². The summed E-state index contributed by atoms with van der Waals surface area (Å²) < 4.78 is 5.19. The fourth-order valence-corrected chi connectivity index (χ4v) is 2.06. The van der Waals surface area contributed by atoms with Gasteiger partial charge < -0.3 is 15.0 Å². The van der Waals surface area contributed by atoms with Crippen molar-refractivity contribution in [3.63, 3.8) is 0 Å². The second kappa shape index (κ2) is 9.53. The predicted molar refractivity (Wildman–Crippen MR) is 89.9 cm³/mol. The summed E-state index contributed by atoms with van der Waals surface area (Å²) in [7, 11) is 1.72. The van der Waals surface area contributed by atoms with Gasteiger partial charge in [0, 0.05) is 38.5 Å². The number of rotatable bonds is 10. The monoisotopic (exact) mass is 291 g/mol. The fraction of sp³-hybridized carbons (Fsp3) is 0.588. The van der Waals surface area contributed by atoms with Gasteiger partial charge in [0.05, 0.1) is 6.61 Å². The van der Waals surface area contributed by atoms with Gasteiger partial charge in [0.1, 0.15) is 5.82 Å². The molecule has 0 aliphatic carbocycles. The summed E-state index contributed by atoms with van der Waals surface area (Å²) in [5.41, 5.74) is 2.40. The third-order valence-electron chi connectivity index (χ3n) is 3.24. The molecule has 1 aromatic heterocycles. The number of methoxy groups -OCH3 is 1. The van der Waals surface area contributed by atoms with Crippen LogP contribution in [0.3, 0.4) is 0 Å². The minimum atomic E-state index is 0.476. The molecule has 0 saturated carbocycles. The molecule has 4 nitrogen and oxygen atoms in total. The Kier molecular flexibility index (Phi) is 8.01. The van der Waals surface area contributed by atoms with E-state index in [1.54, 1.807) is 7.11 Å². The first-order valence-electron chi connectivity index (χ1n) is 7.68. The number of nitrogens with zero attached hydrogens (tertiary/aromatic N) is 2. The van der Waals surface area contributed by atoms with Crippen molar-refractivity contribution in [3.05, 3.63) is 36.0 Å². The molecule has 118 valence electrons. The summed E-state index contributed by atoms with van der Waals surface area (Å²) in [5.74, 6) is 1.01. The van der Waals surface area contributed by atoms with Gasteiger partial charge in [0.15, 0.2) is 0 Å². The van der Waals surface area contributed by atoms with Crippen LogP contribution in [0.4, 0.5) is 5.82 Å². The first kappa shape index (κ1) is 17.7. The van der Waals surface area contributed by atoms with Gasteiger partial charge in [-0.3, -0.25) is 0 Å². The number of hydrogen-bond donors (Lipinski definition) is 1. The number of ether oxygens (including phenoxy) is 1. The predicted octanol–water partition coefficient (Wildman–Crippen LogP) is 2.78. The van der Waals surface area contributed by atoms with E-state index in [1.807, 2.05) is 6.08 Å². The molecule has 4 heteroatoms. The van der Waals surface area contributed by atoms with Crippen molar-refractivity contribution >= 4 is 5.82 Å². The van der Waals surface area contributed by atoms with Crippen LogP contribution in [0.1, 0.15) is 32.0 Å². The largest absolute Gasteiger partial charge is 0.383 e. The molecule has 0 amide bonds. The lowest BCUT2D eigenvalue weighted by atomic mass is 10.1. The zero-order valence-corrected chi connectivity index (χ0v) is 13.9. The standard InChI is InChI=1S/C17H29N3O/c1-6-8-20(9-10-21-5)17-12-15(13-18-14(3)4)11-16(7-2)19-17/h6,11-12,14,18H,1,7-10,13H2,2-5H3. The van der Waals surface area contributed by atoms with Crippen LogP contribution < -0.4 is 10.2 Å². The summed E-state index contributed by atoms with van der Waals surface area (Å²) in [6, 6.07) is 4.82. The zero-order valence-electron chi connectivity index (χ0n) is 13.9. The maximum atomic E-state index is 5.19. The van der Waals surface area contributed by atoms with Crippen LogP contribution in [0.15, 0.2) is 24.8 Å². The number of pyridine rings is 1. The average Bonchev–Trinajstić information content (AvgIpc) is 2.49. The Bertz CT molecular complexity index is 432. The SMILES string of the molecule is C=CCN(CCOC)c1cc(CNC(C)C)cc(CC)n1. The molecule has 0 aliphatic heterocycles. The van der Waals surface area contributed by atoms with E-state index in [2.05, 4.69) is 49.7 Å². The molecule has 0 saturated heterocycles. The van der Waals surface area contributed by atoms with Gasteiger partial charge in [-0.1, -0.05) is 26.8 Å². The Morgan fingerprint density at radius 3 is 2.76 bits per heavy atom. The summed E-state index contributed by atoms with van der Waals surface area (Å²) in [6.45, 7) is 13.4. The summed E-state index contributed by atoms with van der Waals surface area (Å²) in [4.78, 5) is 6.95. The third kappa shape index (κ3) is 6.27. The van der Waals surface area contributed by atoms with E-state index >= 15 is 0 Å². The quantitative estimate of drug-likeness (QED) is 0.673. The van der Waals surface area contributed by atoms with Crippen LogP contribution >= 0.6 is 0 Å². The van der Waals surface area contributed by atoms with E-state index in [-0.39, 0.29) is 0 Å². The van der Waals surface area contributed by atoms with Gasteiger partial charge in [-0.2, -0.15) is 0 Å². The van der Waals surface area contributed by atoms with Crippen LogP contribution in [0.2, 0.25) is 0 Å². The van der Waals surface area contributed by atoms with Crippen LogP contribution in [-0.4, -0.2) is 37.8 Å². The summed E-state index contributed by atoms with van der Waals surface area (Å²) >= 11 is 0. The minimum absolute atomic E-state index is 0.476. The van der Waals surface area contributed by atoms with Crippen molar-refractivity contribution in [2.24, 2.45) is 0 Å². The van der Waals surface area contributed by atoms with Crippen molar-refractivity contribution in [3.8, 4) is 0 Å². The second-order valence-electron chi connectivity index (χ2n) is 5.44. The van der Waals surface area contributed by atoms with Gasteiger partial charge in [-0.05, 0) is 24.1 Å². The molecule has 0 atom stereocenters.